The topological polar surface area (TPSA) is 61.4 Å². The van der Waals surface area contributed by atoms with Crippen molar-refractivity contribution < 1.29 is 9.53 Å². The van der Waals surface area contributed by atoms with Crippen LogP contribution in [-0.4, -0.2) is 30.9 Å². The molecule has 0 aliphatic heterocycles. The first kappa shape index (κ1) is 18.2. The Bertz CT molecular complexity index is 1230. The highest BCUT2D eigenvalue weighted by atomic mass is 16.6. The van der Waals surface area contributed by atoms with Gasteiger partial charge in [0.15, 0.2) is 5.65 Å². The van der Waals surface area contributed by atoms with E-state index in [4.69, 9.17) is 9.72 Å². The number of aryl methyl sites for hydroxylation is 2. The van der Waals surface area contributed by atoms with Gasteiger partial charge in [0.05, 0.1) is 28.2 Å². The molecule has 1 aromatic carbocycles. The Labute approximate surface area is 163 Å². The molecule has 0 bridgehead atoms. The lowest BCUT2D eigenvalue weighted by molar-refractivity contribution is 0.0541. The number of hydrogen-bond donors (Lipinski definition) is 0. The minimum Gasteiger partial charge on any atom is -0.443 e. The van der Waals surface area contributed by atoms with E-state index in [1.54, 1.807) is 9.08 Å². The first-order valence-corrected chi connectivity index (χ1v) is 9.34. The Morgan fingerprint density at radius 1 is 1.00 bits per heavy atom. The molecule has 0 spiro atoms. The molecule has 0 amide bonds. The van der Waals surface area contributed by atoms with Gasteiger partial charge in [-0.3, -0.25) is 0 Å². The van der Waals surface area contributed by atoms with E-state index >= 15 is 0 Å². The third-order valence-electron chi connectivity index (χ3n) is 4.86. The summed E-state index contributed by atoms with van der Waals surface area (Å²) >= 11 is 0. The number of nitrogens with zero attached hydrogens (tertiary/aromatic N) is 4. The highest BCUT2D eigenvalue weighted by Crippen LogP contribution is 2.31. The van der Waals surface area contributed by atoms with E-state index in [1.165, 1.54) is 0 Å². The van der Waals surface area contributed by atoms with Gasteiger partial charge in [0.25, 0.3) is 0 Å². The Hall–Kier alpha value is -3.15. The minimum absolute atomic E-state index is 0.412. The number of pyridine rings is 1. The van der Waals surface area contributed by atoms with E-state index in [0.717, 1.165) is 39.2 Å². The van der Waals surface area contributed by atoms with Crippen molar-refractivity contribution >= 4 is 22.6 Å². The summed E-state index contributed by atoms with van der Waals surface area (Å²) in [5.41, 5.74) is 5.15. The second-order valence-corrected chi connectivity index (χ2v) is 8.07. The van der Waals surface area contributed by atoms with E-state index < -0.39 is 11.7 Å². The number of benzene rings is 1. The molecule has 0 aliphatic rings. The van der Waals surface area contributed by atoms with Gasteiger partial charge in [0.1, 0.15) is 5.60 Å². The molecule has 28 heavy (non-hydrogen) atoms. The van der Waals surface area contributed by atoms with E-state index in [9.17, 15) is 4.79 Å². The molecule has 0 radical (unpaired) electrons. The van der Waals surface area contributed by atoms with Crippen LogP contribution in [-0.2, 0) is 4.74 Å². The Balaban J connectivity index is 1.99. The average Bonchev–Trinajstić information content (AvgIpc) is 3.07. The molecule has 0 saturated carbocycles. The second-order valence-electron chi connectivity index (χ2n) is 8.07. The molecule has 0 unspecified atom stereocenters. The van der Waals surface area contributed by atoms with Gasteiger partial charge < -0.3 is 4.74 Å². The van der Waals surface area contributed by atoms with Crippen molar-refractivity contribution in [2.75, 3.05) is 0 Å². The summed E-state index contributed by atoms with van der Waals surface area (Å²) in [7, 11) is 0. The Morgan fingerprint density at radius 3 is 2.43 bits per heavy atom. The van der Waals surface area contributed by atoms with Crippen LogP contribution < -0.4 is 0 Å². The Morgan fingerprint density at radius 2 is 1.71 bits per heavy atom. The smallest absolute Gasteiger partial charge is 0.420 e. The molecule has 4 rings (SSSR count). The number of hydrogen-bond acceptors (Lipinski definition) is 4. The van der Waals surface area contributed by atoms with Gasteiger partial charge in [-0.2, -0.15) is 5.10 Å². The quantitative estimate of drug-likeness (QED) is 0.466. The molecule has 0 atom stereocenters. The second kappa shape index (κ2) is 6.19. The van der Waals surface area contributed by atoms with Crippen LogP contribution in [0.25, 0.3) is 27.8 Å². The monoisotopic (exact) mass is 376 g/mol. The highest BCUT2D eigenvalue weighted by Gasteiger charge is 2.27. The maximum absolute atomic E-state index is 13.0. The lowest BCUT2D eigenvalue weighted by atomic mass is 10.1. The zero-order valence-electron chi connectivity index (χ0n) is 17.1. The third kappa shape index (κ3) is 2.85. The molecule has 3 heterocycles. The van der Waals surface area contributed by atoms with Crippen molar-refractivity contribution in [2.45, 2.75) is 47.1 Å². The van der Waals surface area contributed by atoms with Crippen LogP contribution >= 0.6 is 0 Å². The molecule has 0 N–H and O–H groups in total. The zero-order chi connectivity index (χ0) is 20.2. The van der Waals surface area contributed by atoms with Crippen molar-refractivity contribution in [3.8, 4) is 11.3 Å². The van der Waals surface area contributed by atoms with Gasteiger partial charge in [-0.05, 0) is 53.7 Å². The van der Waals surface area contributed by atoms with Crippen molar-refractivity contribution in [3.63, 3.8) is 0 Å². The largest absolute Gasteiger partial charge is 0.443 e. The minimum atomic E-state index is -0.588. The summed E-state index contributed by atoms with van der Waals surface area (Å²) in [6, 6.07) is 12.0. The number of carbonyl (C=O) groups excluding carboxylic acids is 1. The average molecular weight is 376 g/mol. The van der Waals surface area contributed by atoms with Crippen LogP contribution in [0.1, 0.15) is 37.9 Å². The number of fused-ring (bicyclic) bond motifs is 2. The molecular weight excluding hydrogens is 352 g/mol. The van der Waals surface area contributed by atoms with Gasteiger partial charge in [0, 0.05) is 11.1 Å². The predicted molar refractivity (Wildman–Crippen MR) is 110 cm³/mol. The van der Waals surface area contributed by atoms with Gasteiger partial charge in [-0.1, -0.05) is 24.3 Å². The number of rotatable bonds is 1. The molecule has 6 heteroatoms. The van der Waals surface area contributed by atoms with Crippen LogP contribution in [0.3, 0.4) is 0 Å². The molecule has 0 fully saturated rings. The molecule has 6 nitrogen and oxygen atoms in total. The maximum Gasteiger partial charge on any atom is 0.420 e. The highest BCUT2D eigenvalue weighted by molar-refractivity contribution is 5.90. The number of aromatic nitrogens is 4. The van der Waals surface area contributed by atoms with Crippen LogP contribution in [0.4, 0.5) is 4.79 Å². The van der Waals surface area contributed by atoms with Crippen LogP contribution in [0.5, 0.6) is 0 Å². The van der Waals surface area contributed by atoms with Crippen molar-refractivity contribution in [3.05, 3.63) is 53.5 Å². The van der Waals surface area contributed by atoms with Gasteiger partial charge in [-0.15, -0.1) is 0 Å². The van der Waals surface area contributed by atoms with E-state index in [2.05, 4.69) is 5.10 Å². The summed E-state index contributed by atoms with van der Waals surface area (Å²) in [4.78, 5) is 17.8. The molecule has 4 aromatic rings. The van der Waals surface area contributed by atoms with Crippen molar-refractivity contribution in [1.29, 1.82) is 0 Å². The van der Waals surface area contributed by atoms with Crippen molar-refractivity contribution in [2.24, 2.45) is 0 Å². The van der Waals surface area contributed by atoms with Crippen LogP contribution in [0, 0.1) is 20.8 Å². The predicted octanol–water partition coefficient (Wildman–Crippen LogP) is 5.06. The summed E-state index contributed by atoms with van der Waals surface area (Å²) < 4.78 is 9.07. The SMILES string of the molecule is Cc1nn2c(C)c(C)n(C(=O)OC(C)(C)C)c2c1-c1ccc2ccccc2n1. The van der Waals surface area contributed by atoms with E-state index in [-0.39, 0.29) is 0 Å². The van der Waals surface area contributed by atoms with Gasteiger partial charge in [-0.25, -0.2) is 18.9 Å². The lowest BCUT2D eigenvalue weighted by Crippen LogP contribution is -2.27. The number of imidazole rings is 1. The maximum atomic E-state index is 13.0. The van der Waals surface area contributed by atoms with Crippen molar-refractivity contribution in [1.82, 2.24) is 19.2 Å². The lowest BCUT2D eigenvalue weighted by Gasteiger charge is -2.20. The fourth-order valence-corrected chi connectivity index (χ4v) is 3.47. The fourth-order valence-electron chi connectivity index (χ4n) is 3.47. The van der Waals surface area contributed by atoms with Gasteiger partial charge in [0.2, 0.25) is 0 Å². The Kier molecular flexibility index (Phi) is 4.03. The first-order valence-electron chi connectivity index (χ1n) is 9.34. The molecule has 3 aromatic heterocycles. The van der Waals surface area contributed by atoms with Crippen LogP contribution in [0.15, 0.2) is 36.4 Å². The first-order chi connectivity index (χ1) is 13.2. The number of para-hydroxylation sites is 1. The molecule has 144 valence electrons. The summed E-state index contributed by atoms with van der Waals surface area (Å²) in [6.07, 6.45) is -0.412. The summed E-state index contributed by atoms with van der Waals surface area (Å²) in [5, 5.41) is 5.75. The third-order valence-corrected chi connectivity index (χ3v) is 4.86. The van der Waals surface area contributed by atoms with Gasteiger partial charge >= 0.3 is 6.09 Å². The van der Waals surface area contributed by atoms with E-state index in [1.807, 2.05) is 77.9 Å². The summed E-state index contributed by atoms with van der Waals surface area (Å²) in [5.74, 6) is 0. The fraction of sp³-hybridized carbons (Fsp3) is 0.318. The molecule has 0 saturated heterocycles. The normalized spacial score (nSPS) is 12.1. The number of carbonyl (C=O) groups is 1. The molecular formula is C22H24N4O2. The number of ether oxygens (including phenoxy) is 1. The molecule has 0 aliphatic carbocycles. The standard InChI is InChI=1S/C22H24N4O2/c1-13-19(18-12-11-16-9-7-8-10-17(16)23-18)20-25(21(27)28-22(4,5)6)14(2)15(3)26(20)24-13/h7-12H,1-6H3. The van der Waals surface area contributed by atoms with Crippen LogP contribution in [0.2, 0.25) is 0 Å². The summed E-state index contributed by atoms with van der Waals surface area (Å²) in [6.45, 7) is 11.4. The zero-order valence-corrected chi connectivity index (χ0v) is 17.1. The van der Waals surface area contributed by atoms with E-state index in [0.29, 0.717) is 5.65 Å².